The van der Waals surface area contributed by atoms with Gasteiger partial charge >= 0.3 is 6.09 Å². The van der Waals surface area contributed by atoms with Crippen LogP contribution in [0.3, 0.4) is 0 Å². The van der Waals surface area contributed by atoms with Gasteiger partial charge in [-0.2, -0.15) is 0 Å². The number of carbonyl (C=O) groups excluding carboxylic acids is 1. The number of alkyl carbamates (subject to hydrolysis) is 1. The minimum absolute atomic E-state index is 0.140. The summed E-state index contributed by atoms with van der Waals surface area (Å²) in [6, 6.07) is 13.1. The number of benzene rings is 2. The van der Waals surface area contributed by atoms with Gasteiger partial charge in [-0.15, -0.1) is 0 Å². The number of ether oxygens (including phenoxy) is 3. The molecule has 2 aromatic carbocycles. The van der Waals surface area contributed by atoms with Crippen LogP contribution in [0.4, 0.5) is 4.79 Å². The lowest BCUT2D eigenvalue weighted by molar-refractivity contribution is 0.0506. The smallest absolute Gasteiger partial charge is 0.407 e. The molecule has 2 aliphatic rings. The quantitative estimate of drug-likeness (QED) is 0.384. The zero-order valence-electron chi connectivity index (χ0n) is 24.9. The van der Waals surface area contributed by atoms with E-state index in [1.165, 1.54) is 27.8 Å². The Bertz CT molecular complexity index is 1190. The van der Waals surface area contributed by atoms with Crippen molar-refractivity contribution in [2.24, 2.45) is 5.92 Å². The average molecular weight is 535 g/mol. The number of aryl methyl sites for hydroxylation is 1. The largest absolute Gasteiger partial charge is 0.496 e. The van der Waals surface area contributed by atoms with E-state index in [4.69, 9.17) is 14.2 Å². The van der Waals surface area contributed by atoms with Gasteiger partial charge in [-0.25, -0.2) is 4.79 Å². The summed E-state index contributed by atoms with van der Waals surface area (Å²) in [6.07, 6.45) is 3.73. The maximum atomic E-state index is 12.2. The van der Waals surface area contributed by atoms with Gasteiger partial charge in [0.1, 0.15) is 23.7 Å². The minimum atomic E-state index is -0.476. The molecule has 1 amide bonds. The summed E-state index contributed by atoms with van der Waals surface area (Å²) in [5, 5.41) is 3.04. The molecule has 6 nitrogen and oxygen atoms in total. The van der Waals surface area contributed by atoms with Gasteiger partial charge in [-0.1, -0.05) is 37.6 Å². The minimum Gasteiger partial charge on any atom is -0.496 e. The lowest BCUT2D eigenvalue weighted by Gasteiger charge is -2.26. The number of fused-ring (bicyclic) bond motifs is 1. The topological polar surface area (TPSA) is 60.0 Å². The molecule has 0 radical (unpaired) electrons. The number of amides is 1. The van der Waals surface area contributed by atoms with Crippen LogP contribution in [0.25, 0.3) is 5.57 Å². The Morgan fingerprint density at radius 1 is 1.13 bits per heavy atom. The van der Waals surface area contributed by atoms with Crippen LogP contribution in [-0.2, 0) is 24.2 Å². The zero-order chi connectivity index (χ0) is 28.2. The third-order valence-corrected chi connectivity index (χ3v) is 7.50. The van der Waals surface area contributed by atoms with E-state index >= 15 is 0 Å². The first-order chi connectivity index (χ1) is 18.5. The molecule has 1 atom stereocenters. The van der Waals surface area contributed by atoms with E-state index in [0.717, 1.165) is 62.4 Å². The Hall–Kier alpha value is -2.99. The Morgan fingerprint density at radius 2 is 1.92 bits per heavy atom. The number of likely N-dealkylation sites (tertiary alicyclic amines) is 1. The van der Waals surface area contributed by atoms with Crippen molar-refractivity contribution in [2.45, 2.75) is 85.5 Å². The van der Waals surface area contributed by atoms with Crippen molar-refractivity contribution in [1.82, 2.24) is 10.2 Å². The maximum Gasteiger partial charge on any atom is 0.407 e. The molecule has 1 aliphatic carbocycles. The zero-order valence-corrected chi connectivity index (χ0v) is 24.9. The van der Waals surface area contributed by atoms with Gasteiger partial charge in [-0.05, 0) is 99.8 Å². The first kappa shape index (κ1) is 29.0. The highest BCUT2D eigenvalue weighted by molar-refractivity contribution is 5.72. The molecule has 1 heterocycles. The third-order valence-electron chi connectivity index (χ3n) is 7.50. The molecule has 39 heavy (non-hydrogen) atoms. The van der Waals surface area contributed by atoms with Crippen molar-refractivity contribution in [1.29, 1.82) is 0 Å². The van der Waals surface area contributed by atoms with Crippen molar-refractivity contribution >= 4 is 11.7 Å². The molecule has 6 heteroatoms. The molecular weight excluding hydrogens is 488 g/mol. The Labute approximate surface area is 234 Å². The highest BCUT2D eigenvalue weighted by Gasteiger charge is 2.27. The van der Waals surface area contributed by atoms with Crippen molar-refractivity contribution in [2.75, 3.05) is 26.7 Å². The Balaban J connectivity index is 1.34. The van der Waals surface area contributed by atoms with Gasteiger partial charge in [0.25, 0.3) is 0 Å². The average Bonchev–Trinajstić information content (AvgIpc) is 3.29. The molecule has 0 bridgehead atoms. The van der Waals surface area contributed by atoms with Gasteiger partial charge in [0.05, 0.1) is 7.11 Å². The highest BCUT2D eigenvalue weighted by atomic mass is 16.6. The van der Waals surface area contributed by atoms with E-state index < -0.39 is 5.60 Å². The Morgan fingerprint density at radius 3 is 2.64 bits per heavy atom. The van der Waals surface area contributed by atoms with E-state index in [-0.39, 0.29) is 12.1 Å². The normalized spacial score (nSPS) is 17.8. The van der Waals surface area contributed by atoms with Crippen LogP contribution < -0.4 is 14.8 Å². The molecule has 0 spiro atoms. The molecule has 0 saturated carbocycles. The number of methoxy groups -OCH3 is 1. The van der Waals surface area contributed by atoms with Gasteiger partial charge < -0.3 is 19.5 Å². The van der Waals surface area contributed by atoms with Gasteiger partial charge in [0.15, 0.2) is 0 Å². The summed E-state index contributed by atoms with van der Waals surface area (Å²) < 4.78 is 17.3. The monoisotopic (exact) mass is 534 g/mol. The van der Waals surface area contributed by atoms with Crippen LogP contribution in [-0.4, -0.2) is 49.4 Å². The number of rotatable bonds is 9. The molecule has 1 saturated heterocycles. The fourth-order valence-electron chi connectivity index (χ4n) is 5.60. The first-order valence-corrected chi connectivity index (χ1v) is 14.3. The standard InChI is InChI=1S/C33H46N2O4/c1-22(2)16-24-8-9-27(31(17-24)37-7)21-38-29-12-13-30-23(3)26(11-10-25(30)18-29)19-35-15-14-28(20-35)34-32(36)39-33(4,5)6/h8-9,12-13,17-18,22,28H,10-11,14-16,19-21H2,1-7H3,(H,34,36)/t28-/m0/s1. The summed E-state index contributed by atoms with van der Waals surface area (Å²) >= 11 is 0. The predicted molar refractivity (Wildman–Crippen MR) is 157 cm³/mol. The van der Waals surface area contributed by atoms with Crippen LogP contribution in [0, 0.1) is 5.92 Å². The van der Waals surface area contributed by atoms with E-state index in [0.29, 0.717) is 12.5 Å². The van der Waals surface area contributed by atoms with Gasteiger partial charge in [-0.3, -0.25) is 4.90 Å². The molecule has 1 aliphatic heterocycles. The molecular formula is C33H46N2O4. The summed E-state index contributed by atoms with van der Waals surface area (Å²) in [6.45, 7) is 15.6. The Kier molecular flexibility index (Phi) is 9.27. The molecule has 212 valence electrons. The second kappa shape index (κ2) is 12.5. The summed E-state index contributed by atoms with van der Waals surface area (Å²) in [5.41, 5.74) is 7.40. The van der Waals surface area contributed by atoms with Crippen molar-refractivity contribution in [3.8, 4) is 11.5 Å². The second-order valence-electron chi connectivity index (χ2n) is 12.4. The van der Waals surface area contributed by atoms with E-state index in [1.54, 1.807) is 7.11 Å². The molecule has 2 aromatic rings. The van der Waals surface area contributed by atoms with Crippen LogP contribution in [0.1, 0.15) is 76.6 Å². The van der Waals surface area contributed by atoms with Gasteiger partial charge in [0, 0.05) is 31.2 Å². The predicted octanol–water partition coefficient (Wildman–Crippen LogP) is 6.79. The highest BCUT2D eigenvalue weighted by Crippen LogP contribution is 2.34. The molecule has 1 N–H and O–H groups in total. The summed E-state index contributed by atoms with van der Waals surface area (Å²) in [4.78, 5) is 14.6. The first-order valence-electron chi connectivity index (χ1n) is 14.3. The van der Waals surface area contributed by atoms with E-state index in [2.05, 4.69) is 67.4 Å². The van der Waals surface area contributed by atoms with Crippen molar-refractivity contribution in [3.63, 3.8) is 0 Å². The summed E-state index contributed by atoms with van der Waals surface area (Å²) in [7, 11) is 1.73. The second-order valence-corrected chi connectivity index (χ2v) is 12.4. The fraction of sp³-hybridized carbons (Fsp3) is 0.545. The third kappa shape index (κ3) is 8.01. The lowest BCUT2D eigenvalue weighted by Crippen LogP contribution is -2.40. The lowest BCUT2D eigenvalue weighted by atomic mass is 9.86. The van der Waals surface area contributed by atoms with Crippen LogP contribution in [0.15, 0.2) is 42.0 Å². The maximum absolute atomic E-state index is 12.2. The molecule has 4 rings (SSSR count). The number of nitrogens with one attached hydrogen (secondary N) is 1. The molecule has 1 fully saturated rings. The number of nitrogens with zero attached hydrogens (tertiary/aromatic N) is 1. The number of hydrogen-bond donors (Lipinski definition) is 1. The van der Waals surface area contributed by atoms with Gasteiger partial charge in [0.2, 0.25) is 0 Å². The van der Waals surface area contributed by atoms with Crippen LogP contribution >= 0.6 is 0 Å². The summed E-state index contributed by atoms with van der Waals surface area (Å²) in [5.74, 6) is 2.40. The molecule has 0 unspecified atom stereocenters. The van der Waals surface area contributed by atoms with Crippen molar-refractivity contribution in [3.05, 3.63) is 64.2 Å². The number of allylic oxidation sites excluding steroid dienone is 1. The van der Waals surface area contributed by atoms with Crippen LogP contribution in [0.5, 0.6) is 11.5 Å². The van der Waals surface area contributed by atoms with Crippen molar-refractivity contribution < 1.29 is 19.0 Å². The number of carbonyl (C=O) groups is 1. The van der Waals surface area contributed by atoms with E-state index in [9.17, 15) is 4.79 Å². The SMILES string of the molecule is COc1cc(CC(C)C)ccc1COc1ccc2c(c1)CCC(CN1CC[C@H](NC(=O)OC(C)(C)C)C1)=C2C. The van der Waals surface area contributed by atoms with Crippen LogP contribution in [0.2, 0.25) is 0 Å². The fourth-order valence-corrected chi connectivity index (χ4v) is 5.60. The number of hydrogen-bond acceptors (Lipinski definition) is 5. The molecule has 0 aromatic heterocycles. The van der Waals surface area contributed by atoms with E-state index in [1.807, 2.05) is 20.8 Å².